The van der Waals surface area contributed by atoms with Gasteiger partial charge in [0.25, 0.3) is 5.56 Å². The number of rotatable bonds is 1. The van der Waals surface area contributed by atoms with E-state index in [-0.39, 0.29) is 17.4 Å². The van der Waals surface area contributed by atoms with Crippen molar-refractivity contribution in [2.75, 3.05) is 26.3 Å². The maximum absolute atomic E-state index is 12.9. The molecule has 0 N–H and O–H groups in total. The van der Waals surface area contributed by atoms with E-state index in [0.717, 1.165) is 36.9 Å². The molecule has 7 nitrogen and oxygen atoms in total. The zero-order valence-electron chi connectivity index (χ0n) is 14.0. The third-order valence-corrected chi connectivity index (χ3v) is 5.45. The Morgan fingerprint density at radius 1 is 1.29 bits per heavy atom. The fourth-order valence-electron chi connectivity index (χ4n) is 4.01. The zero-order chi connectivity index (χ0) is 16.7. The van der Waals surface area contributed by atoms with E-state index < -0.39 is 5.79 Å². The summed E-state index contributed by atoms with van der Waals surface area (Å²) in [6.45, 7) is 2.65. The van der Waals surface area contributed by atoms with Crippen molar-refractivity contribution < 1.29 is 14.3 Å². The molecular weight excluding hydrogens is 310 g/mol. The maximum Gasteiger partial charge on any atom is 0.266 e. The first-order valence-corrected chi connectivity index (χ1v) is 8.69. The molecule has 1 aliphatic carbocycles. The van der Waals surface area contributed by atoms with Crippen LogP contribution in [0.3, 0.4) is 0 Å². The Balaban J connectivity index is 1.42. The maximum atomic E-state index is 12.9. The third kappa shape index (κ3) is 2.75. The number of ether oxygens (including phenoxy) is 2. The third-order valence-electron chi connectivity index (χ3n) is 5.45. The molecule has 3 heterocycles. The van der Waals surface area contributed by atoms with Crippen LogP contribution in [0.2, 0.25) is 0 Å². The van der Waals surface area contributed by atoms with Crippen molar-refractivity contribution in [2.45, 2.75) is 37.9 Å². The Morgan fingerprint density at radius 2 is 2.00 bits per heavy atom. The predicted octanol–water partition coefficient (Wildman–Crippen LogP) is 0.251. The van der Waals surface area contributed by atoms with Crippen molar-refractivity contribution in [2.24, 2.45) is 13.0 Å². The quantitative estimate of drug-likeness (QED) is 0.737. The van der Waals surface area contributed by atoms with Gasteiger partial charge in [0.05, 0.1) is 18.9 Å². The standard InChI is InChI=1S/C17H23N3O4/c1-19-15(21)11-13-10-12(2-3-14(13)18-19)16(22)20-6-4-17(5-7-20)23-8-9-24-17/h11-12H,2-10H2,1H3. The van der Waals surface area contributed by atoms with E-state index in [0.29, 0.717) is 32.7 Å². The fraction of sp³-hybridized carbons (Fsp3) is 0.706. The van der Waals surface area contributed by atoms with Crippen LogP contribution in [0.4, 0.5) is 0 Å². The molecule has 1 atom stereocenters. The molecular formula is C17H23N3O4. The molecule has 130 valence electrons. The smallest absolute Gasteiger partial charge is 0.266 e. The molecule has 2 aliphatic heterocycles. The minimum Gasteiger partial charge on any atom is -0.347 e. The highest BCUT2D eigenvalue weighted by Crippen LogP contribution is 2.33. The summed E-state index contributed by atoms with van der Waals surface area (Å²) in [6, 6.07) is 1.63. The van der Waals surface area contributed by atoms with Crippen LogP contribution in [0.1, 0.15) is 30.5 Å². The van der Waals surface area contributed by atoms with Crippen LogP contribution in [0.5, 0.6) is 0 Å². The molecule has 0 saturated carbocycles. The normalized spacial score (nSPS) is 25.7. The van der Waals surface area contributed by atoms with Crippen molar-refractivity contribution in [3.8, 4) is 0 Å². The summed E-state index contributed by atoms with van der Waals surface area (Å²) in [6.07, 6.45) is 3.65. The number of carbonyl (C=O) groups is 1. The highest BCUT2D eigenvalue weighted by atomic mass is 16.7. The molecule has 1 aromatic rings. The fourth-order valence-corrected chi connectivity index (χ4v) is 4.01. The number of aromatic nitrogens is 2. The van der Waals surface area contributed by atoms with Gasteiger partial charge in [-0.2, -0.15) is 5.10 Å². The second-order valence-electron chi connectivity index (χ2n) is 6.95. The van der Waals surface area contributed by atoms with E-state index in [1.165, 1.54) is 4.68 Å². The molecule has 2 saturated heterocycles. The predicted molar refractivity (Wildman–Crippen MR) is 85.4 cm³/mol. The van der Waals surface area contributed by atoms with E-state index in [9.17, 15) is 9.59 Å². The number of likely N-dealkylation sites (tertiary alicyclic amines) is 1. The van der Waals surface area contributed by atoms with Crippen molar-refractivity contribution in [3.63, 3.8) is 0 Å². The monoisotopic (exact) mass is 333 g/mol. The summed E-state index contributed by atoms with van der Waals surface area (Å²) in [7, 11) is 1.66. The number of nitrogens with zero attached hydrogens (tertiary/aromatic N) is 3. The largest absolute Gasteiger partial charge is 0.347 e. The first-order valence-electron chi connectivity index (χ1n) is 8.69. The Labute approximate surface area is 140 Å². The number of fused-ring (bicyclic) bond motifs is 1. The molecule has 1 amide bonds. The number of carbonyl (C=O) groups excluding carboxylic acids is 1. The molecule has 0 bridgehead atoms. The lowest BCUT2D eigenvalue weighted by atomic mass is 9.85. The molecule has 0 radical (unpaired) electrons. The number of piperidine rings is 1. The van der Waals surface area contributed by atoms with Crippen LogP contribution in [0.25, 0.3) is 0 Å². The Kier molecular flexibility index (Phi) is 3.92. The van der Waals surface area contributed by atoms with Gasteiger partial charge in [-0.05, 0) is 24.8 Å². The van der Waals surface area contributed by atoms with Gasteiger partial charge in [-0.3, -0.25) is 9.59 Å². The highest BCUT2D eigenvalue weighted by Gasteiger charge is 2.42. The van der Waals surface area contributed by atoms with Crippen LogP contribution in [-0.4, -0.2) is 52.7 Å². The Bertz CT molecular complexity index is 698. The van der Waals surface area contributed by atoms with Gasteiger partial charge in [0.1, 0.15) is 0 Å². The van der Waals surface area contributed by atoms with Gasteiger partial charge in [0.2, 0.25) is 5.91 Å². The minimum atomic E-state index is -0.452. The molecule has 1 spiro atoms. The number of hydrogen-bond acceptors (Lipinski definition) is 5. The average Bonchev–Trinajstić information content (AvgIpc) is 3.04. The summed E-state index contributed by atoms with van der Waals surface area (Å²) in [5.74, 6) is -0.313. The molecule has 24 heavy (non-hydrogen) atoms. The van der Waals surface area contributed by atoms with Crippen molar-refractivity contribution in [1.82, 2.24) is 14.7 Å². The molecule has 1 unspecified atom stereocenters. The van der Waals surface area contributed by atoms with Gasteiger partial charge in [0, 0.05) is 45.0 Å². The highest BCUT2D eigenvalue weighted by molar-refractivity contribution is 5.79. The van der Waals surface area contributed by atoms with Crippen molar-refractivity contribution in [1.29, 1.82) is 0 Å². The Hall–Kier alpha value is -1.73. The zero-order valence-corrected chi connectivity index (χ0v) is 14.0. The molecule has 7 heteroatoms. The van der Waals surface area contributed by atoms with Gasteiger partial charge >= 0.3 is 0 Å². The summed E-state index contributed by atoms with van der Waals surface area (Å²) in [4.78, 5) is 26.6. The van der Waals surface area contributed by atoms with Gasteiger partial charge in [-0.25, -0.2) is 4.68 Å². The second kappa shape index (κ2) is 5.97. The first kappa shape index (κ1) is 15.8. The van der Waals surface area contributed by atoms with Crippen LogP contribution >= 0.6 is 0 Å². The number of amides is 1. The van der Waals surface area contributed by atoms with Gasteiger partial charge in [-0.1, -0.05) is 0 Å². The average molecular weight is 333 g/mol. The molecule has 3 aliphatic rings. The van der Waals surface area contributed by atoms with E-state index in [2.05, 4.69) is 5.10 Å². The number of hydrogen-bond donors (Lipinski definition) is 0. The van der Waals surface area contributed by atoms with E-state index in [1.54, 1.807) is 13.1 Å². The Morgan fingerprint density at radius 3 is 2.71 bits per heavy atom. The lowest BCUT2D eigenvalue weighted by molar-refractivity contribution is -0.188. The molecule has 2 fully saturated rings. The van der Waals surface area contributed by atoms with Gasteiger partial charge in [-0.15, -0.1) is 0 Å². The van der Waals surface area contributed by atoms with E-state index >= 15 is 0 Å². The second-order valence-corrected chi connectivity index (χ2v) is 6.95. The topological polar surface area (TPSA) is 73.7 Å². The minimum absolute atomic E-state index is 0.0501. The van der Waals surface area contributed by atoms with Gasteiger partial charge in [0.15, 0.2) is 5.79 Å². The lowest BCUT2D eigenvalue weighted by Crippen LogP contribution is -2.49. The molecule has 1 aromatic heterocycles. The summed E-state index contributed by atoms with van der Waals surface area (Å²) in [5.41, 5.74) is 1.77. The molecule has 0 aromatic carbocycles. The van der Waals surface area contributed by atoms with Crippen LogP contribution < -0.4 is 5.56 Å². The van der Waals surface area contributed by atoms with E-state index in [1.807, 2.05) is 4.90 Å². The lowest BCUT2D eigenvalue weighted by Gasteiger charge is -2.39. The SMILES string of the molecule is Cn1nc2c(cc1=O)CC(C(=O)N1CCC3(CC1)OCCO3)CC2. The molecule has 4 rings (SSSR count). The van der Waals surface area contributed by atoms with Gasteiger partial charge < -0.3 is 14.4 Å². The first-order chi connectivity index (χ1) is 11.6. The van der Waals surface area contributed by atoms with E-state index in [4.69, 9.17) is 9.47 Å². The van der Waals surface area contributed by atoms with Crippen LogP contribution in [0, 0.1) is 5.92 Å². The van der Waals surface area contributed by atoms with Crippen LogP contribution in [0.15, 0.2) is 10.9 Å². The van der Waals surface area contributed by atoms with Crippen molar-refractivity contribution >= 4 is 5.91 Å². The summed E-state index contributed by atoms with van der Waals surface area (Å²) in [5, 5.41) is 4.31. The number of aryl methyl sites for hydroxylation is 2. The summed E-state index contributed by atoms with van der Waals surface area (Å²) >= 11 is 0. The van der Waals surface area contributed by atoms with Crippen molar-refractivity contribution in [3.05, 3.63) is 27.7 Å². The van der Waals surface area contributed by atoms with Crippen LogP contribution in [-0.2, 0) is 34.2 Å². The summed E-state index contributed by atoms with van der Waals surface area (Å²) < 4.78 is 12.8.